The molecule has 0 bridgehead atoms. The SMILES string of the molecule is CCC(C)n1cnc2c(=O)n(C)cnc21. The van der Waals surface area contributed by atoms with Crippen molar-refractivity contribution in [2.45, 2.75) is 26.3 Å². The Morgan fingerprint density at radius 1 is 1.40 bits per heavy atom. The summed E-state index contributed by atoms with van der Waals surface area (Å²) in [6.45, 7) is 4.18. The highest BCUT2D eigenvalue weighted by Crippen LogP contribution is 2.14. The van der Waals surface area contributed by atoms with Gasteiger partial charge in [-0.25, -0.2) is 9.97 Å². The fraction of sp³-hybridized carbons (Fsp3) is 0.500. The summed E-state index contributed by atoms with van der Waals surface area (Å²) >= 11 is 0. The third kappa shape index (κ3) is 1.44. The van der Waals surface area contributed by atoms with E-state index in [-0.39, 0.29) is 5.56 Å². The maximum atomic E-state index is 11.7. The fourth-order valence-electron chi connectivity index (χ4n) is 1.51. The Balaban J connectivity index is 2.72. The van der Waals surface area contributed by atoms with E-state index in [0.717, 1.165) is 6.42 Å². The van der Waals surface area contributed by atoms with Crippen molar-refractivity contribution in [2.24, 2.45) is 7.05 Å². The summed E-state index contributed by atoms with van der Waals surface area (Å²) in [6.07, 6.45) is 4.21. The average molecular weight is 206 g/mol. The monoisotopic (exact) mass is 206 g/mol. The van der Waals surface area contributed by atoms with E-state index in [1.54, 1.807) is 13.4 Å². The molecule has 0 radical (unpaired) electrons. The van der Waals surface area contributed by atoms with Gasteiger partial charge in [0, 0.05) is 13.1 Å². The zero-order chi connectivity index (χ0) is 11.0. The van der Waals surface area contributed by atoms with Gasteiger partial charge in [-0.1, -0.05) is 6.92 Å². The molecule has 15 heavy (non-hydrogen) atoms. The van der Waals surface area contributed by atoms with Gasteiger partial charge in [-0.2, -0.15) is 0 Å². The van der Waals surface area contributed by atoms with Crippen LogP contribution in [0.25, 0.3) is 11.2 Å². The van der Waals surface area contributed by atoms with Gasteiger partial charge in [-0.3, -0.25) is 4.79 Å². The molecule has 0 fully saturated rings. The van der Waals surface area contributed by atoms with Crippen LogP contribution in [0.1, 0.15) is 26.3 Å². The van der Waals surface area contributed by atoms with Gasteiger partial charge in [0.1, 0.15) is 0 Å². The van der Waals surface area contributed by atoms with Crippen molar-refractivity contribution in [3.05, 3.63) is 23.0 Å². The molecule has 5 heteroatoms. The summed E-state index contributed by atoms with van der Waals surface area (Å²) in [5.74, 6) is 0. The fourth-order valence-corrected chi connectivity index (χ4v) is 1.51. The number of aryl methyl sites for hydroxylation is 1. The van der Waals surface area contributed by atoms with Crippen LogP contribution in [0.5, 0.6) is 0 Å². The van der Waals surface area contributed by atoms with Crippen molar-refractivity contribution in [3.63, 3.8) is 0 Å². The molecular weight excluding hydrogens is 192 g/mol. The molecule has 1 unspecified atom stereocenters. The molecule has 80 valence electrons. The van der Waals surface area contributed by atoms with Crippen LogP contribution in [0.15, 0.2) is 17.4 Å². The van der Waals surface area contributed by atoms with E-state index in [1.165, 1.54) is 10.9 Å². The molecule has 1 atom stereocenters. The first-order valence-electron chi connectivity index (χ1n) is 5.03. The molecule has 0 saturated heterocycles. The zero-order valence-corrected chi connectivity index (χ0v) is 9.14. The topological polar surface area (TPSA) is 52.7 Å². The molecule has 2 aromatic heterocycles. The number of imidazole rings is 1. The molecule has 0 aliphatic carbocycles. The first-order chi connectivity index (χ1) is 7.15. The first kappa shape index (κ1) is 9.89. The normalized spacial score (nSPS) is 13.3. The molecule has 0 aliphatic heterocycles. The maximum absolute atomic E-state index is 11.7. The summed E-state index contributed by atoms with van der Waals surface area (Å²) < 4.78 is 3.38. The van der Waals surface area contributed by atoms with Crippen molar-refractivity contribution in [2.75, 3.05) is 0 Å². The molecule has 2 aromatic rings. The minimum atomic E-state index is -0.0953. The van der Waals surface area contributed by atoms with Crippen molar-refractivity contribution in [1.82, 2.24) is 19.1 Å². The molecule has 0 spiro atoms. The lowest BCUT2D eigenvalue weighted by Crippen LogP contribution is -2.17. The standard InChI is InChI=1S/C10H14N4O/c1-4-7(2)14-6-11-8-9(14)12-5-13(3)10(8)15/h5-7H,4H2,1-3H3. The molecule has 0 N–H and O–H groups in total. The second-order valence-electron chi connectivity index (χ2n) is 3.74. The van der Waals surface area contributed by atoms with Crippen LogP contribution in [0.2, 0.25) is 0 Å². The first-order valence-corrected chi connectivity index (χ1v) is 5.03. The Labute approximate surface area is 87.4 Å². The van der Waals surface area contributed by atoms with Crippen molar-refractivity contribution < 1.29 is 0 Å². The van der Waals surface area contributed by atoms with Gasteiger partial charge in [-0.05, 0) is 13.3 Å². The van der Waals surface area contributed by atoms with E-state index in [0.29, 0.717) is 17.2 Å². The van der Waals surface area contributed by atoms with Crippen molar-refractivity contribution >= 4 is 11.2 Å². The molecule has 5 nitrogen and oxygen atoms in total. The Morgan fingerprint density at radius 2 is 2.13 bits per heavy atom. The van der Waals surface area contributed by atoms with E-state index < -0.39 is 0 Å². The minimum Gasteiger partial charge on any atom is -0.312 e. The van der Waals surface area contributed by atoms with E-state index in [9.17, 15) is 4.79 Å². The predicted octanol–water partition coefficient (Wildman–Crippen LogP) is 1.10. The molecule has 0 saturated carbocycles. The zero-order valence-electron chi connectivity index (χ0n) is 9.14. The molecule has 0 aliphatic rings. The predicted molar refractivity (Wildman–Crippen MR) is 57.8 cm³/mol. The minimum absolute atomic E-state index is 0.0953. The molecule has 0 amide bonds. The van der Waals surface area contributed by atoms with Gasteiger partial charge < -0.3 is 9.13 Å². The van der Waals surface area contributed by atoms with Crippen LogP contribution in [-0.4, -0.2) is 19.1 Å². The van der Waals surface area contributed by atoms with Crippen LogP contribution >= 0.6 is 0 Å². The van der Waals surface area contributed by atoms with E-state index in [4.69, 9.17) is 0 Å². The lowest BCUT2D eigenvalue weighted by molar-refractivity contribution is 0.540. The van der Waals surface area contributed by atoms with Gasteiger partial charge in [0.2, 0.25) is 0 Å². The quantitative estimate of drug-likeness (QED) is 0.739. The number of fused-ring (bicyclic) bond motifs is 1. The average Bonchev–Trinajstić information content (AvgIpc) is 2.66. The molecule has 2 heterocycles. The summed E-state index contributed by atoms with van der Waals surface area (Å²) in [7, 11) is 1.68. The van der Waals surface area contributed by atoms with Crippen LogP contribution in [-0.2, 0) is 7.05 Å². The molecule has 0 aromatic carbocycles. The lowest BCUT2D eigenvalue weighted by Gasteiger charge is -2.10. The highest BCUT2D eigenvalue weighted by molar-refractivity contribution is 5.69. The van der Waals surface area contributed by atoms with E-state index in [2.05, 4.69) is 23.8 Å². The molecule has 2 rings (SSSR count). The number of rotatable bonds is 2. The molecular formula is C10H14N4O. The summed E-state index contributed by atoms with van der Waals surface area (Å²) in [5, 5.41) is 0. The second-order valence-corrected chi connectivity index (χ2v) is 3.74. The van der Waals surface area contributed by atoms with E-state index >= 15 is 0 Å². The van der Waals surface area contributed by atoms with Crippen LogP contribution in [0.4, 0.5) is 0 Å². The van der Waals surface area contributed by atoms with Crippen molar-refractivity contribution in [1.29, 1.82) is 0 Å². The second kappa shape index (κ2) is 3.49. The third-order valence-electron chi connectivity index (χ3n) is 2.71. The van der Waals surface area contributed by atoms with E-state index in [1.807, 2.05) is 4.57 Å². The maximum Gasteiger partial charge on any atom is 0.281 e. The number of hydrogen-bond donors (Lipinski definition) is 0. The Bertz CT molecular complexity index is 540. The van der Waals surface area contributed by atoms with Crippen LogP contribution < -0.4 is 5.56 Å². The van der Waals surface area contributed by atoms with Crippen molar-refractivity contribution in [3.8, 4) is 0 Å². The van der Waals surface area contributed by atoms with Gasteiger partial charge in [0.05, 0.1) is 12.7 Å². The van der Waals surface area contributed by atoms with Crippen LogP contribution in [0.3, 0.4) is 0 Å². The third-order valence-corrected chi connectivity index (χ3v) is 2.71. The summed E-state index contributed by atoms with van der Waals surface area (Å²) in [6, 6.07) is 0.314. The van der Waals surface area contributed by atoms with Gasteiger partial charge in [0.15, 0.2) is 11.2 Å². The van der Waals surface area contributed by atoms with Gasteiger partial charge in [0.25, 0.3) is 5.56 Å². The largest absolute Gasteiger partial charge is 0.312 e. The number of nitrogens with zero attached hydrogens (tertiary/aromatic N) is 4. The van der Waals surface area contributed by atoms with Crippen LogP contribution in [0, 0.1) is 0 Å². The Morgan fingerprint density at radius 3 is 2.80 bits per heavy atom. The Hall–Kier alpha value is -1.65. The highest BCUT2D eigenvalue weighted by atomic mass is 16.1. The highest BCUT2D eigenvalue weighted by Gasteiger charge is 2.11. The summed E-state index contributed by atoms with van der Waals surface area (Å²) in [4.78, 5) is 20.0. The van der Waals surface area contributed by atoms with Gasteiger partial charge in [-0.15, -0.1) is 0 Å². The Kier molecular flexibility index (Phi) is 2.30. The summed E-state index contributed by atoms with van der Waals surface area (Å²) in [5.41, 5.74) is 1.02. The number of aromatic nitrogens is 4. The lowest BCUT2D eigenvalue weighted by atomic mass is 10.2. The smallest absolute Gasteiger partial charge is 0.281 e. The number of hydrogen-bond acceptors (Lipinski definition) is 3. The van der Waals surface area contributed by atoms with Gasteiger partial charge >= 0.3 is 0 Å².